The summed E-state index contributed by atoms with van der Waals surface area (Å²) in [6, 6.07) is 18.9. The highest BCUT2D eigenvalue weighted by molar-refractivity contribution is 5.76. The lowest BCUT2D eigenvalue weighted by molar-refractivity contribution is 0.278. The molecule has 4 rings (SSSR count). The zero-order chi connectivity index (χ0) is 20.6. The number of amidine groups is 1. The first-order chi connectivity index (χ1) is 13.9. The topological polar surface area (TPSA) is 56.8 Å². The van der Waals surface area contributed by atoms with Crippen LogP contribution in [0.15, 0.2) is 65.7 Å². The van der Waals surface area contributed by atoms with Gasteiger partial charge >= 0.3 is 0 Å². The Hall–Kier alpha value is -3.34. The van der Waals surface area contributed by atoms with Crippen molar-refractivity contribution >= 4 is 6.02 Å². The predicted molar refractivity (Wildman–Crippen MR) is 113 cm³/mol. The van der Waals surface area contributed by atoms with E-state index in [1.165, 1.54) is 6.07 Å². The van der Waals surface area contributed by atoms with Gasteiger partial charge in [0.2, 0.25) is 0 Å². The summed E-state index contributed by atoms with van der Waals surface area (Å²) >= 11 is 0. The van der Waals surface area contributed by atoms with Gasteiger partial charge in [0, 0.05) is 5.56 Å². The fraction of sp³-hybridized carbons (Fsp3) is 0.208. The number of aryl methyl sites for hydroxylation is 2. The van der Waals surface area contributed by atoms with Crippen LogP contribution in [0.1, 0.15) is 22.3 Å². The molecule has 1 aliphatic rings. The Bertz CT molecular complexity index is 1110. The molecule has 3 aromatic carbocycles. The standard InChI is InChI=1S/C24H23FN2O2/c1-15-5-4-6-17(11-15)20-13-19(7-9-21(20)25)24(14-29-23(26)27-24)18-8-10-22(28-3)16(2)12-18/h4-13H,14H2,1-3H3,(H2,26,27). The Morgan fingerprint density at radius 2 is 1.79 bits per heavy atom. The Morgan fingerprint density at radius 3 is 2.45 bits per heavy atom. The number of hydrogen-bond donors (Lipinski definition) is 1. The van der Waals surface area contributed by atoms with Crippen molar-refractivity contribution < 1.29 is 13.9 Å². The number of rotatable bonds is 4. The van der Waals surface area contributed by atoms with E-state index in [1.807, 2.05) is 62.4 Å². The first-order valence-electron chi connectivity index (χ1n) is 9.43. The maximum atomic E-state index is 14.7. The number of hydrogen-bond acceptors (Lipinski definition) is 4. The molecule has 1 atom stereocenters. The minimum absolute atomic E-state index is 0.125. The molecule has 1 heterocycles. The van der Waals surface area contributed by atoms with Gasteiger partial charge in [0.05, 0.1) is 7.11 Å². The molecule has 5 heteroatoms. The third-order valence-corrected chi connectivity index (χ3v) is 5.38. The van der Waals surface area contributed by atoms with Gasteiger partial charge in [-0.05, 0) is 60.4 Å². The van der Waals surface area contributed by atoms with Crippen LogP contribution in [0.5, 0.6) is 5.75 Å². The third kappa shape index (κ3) is 3.33. The summed E-state index contributed by atoms with van der Waals surface area (Å²) < 4.78 is 25.7. The van der Waals surface area contributed by atoms with E-state index in [0.29, 0.717) is 5.56 Å². The second-order valence-electron chi connectivity index (χ2n) is 7.35. The Kier molecular flexibility index (Phi) is 4.74. The van der Waals surface area contributed by atoms with E-state index in [9.17, 15) is 4.39 Å². The van der Waals surface area contributed by atoms with Gasteiger partial charge in [-0.25, -0.2) is 9.38 Å². The van der Waals surface area contributed by atoms with Crippen molar-refractivity contribution in [3.05, 3.63) is 88.7 Å². The monoisotopic (exact) mass is 390 g/mol. The van der Waals surface area contributed by atoms with Gasteiger partial charge < -0.3 is 15.2 Å². The maximum Gasteiger partial charge on any atom is 0.283 e. The molecule has 29 heavy (non-hydrogen) atoms. The van der Waals surface area contributed by atoms with E-state index in [-0.39, 0.29) is 18.4 Å². The molecule has 0 aromatic heterocycles. The van der Waals surface area contributed by atoms with E-state index in [4.69, 9.17) is 15.2 Å². The van der Waals surface area contributed by atoms with Gasteiger partial charge in [-0.1, -0.05) is 42.0 Å². The third-order valence-electron chi connectivity index (χ3n) is 5.38. The van der Waals surface area contributed by atoms with Crippen LogP contribution in [0.2, 0.25) is 0 Å². The Morgan fingerprint density at radius 1 is 1.03 bits per heavy atom. The average molecular weight is 390 g/mol. The molecule has 0 radical (unpaired) electrons. The van der Waals surface area contributed by atoms with Crippen LogP contribution in [0, 0.1) is 19.7 Å². The molecule has 0 fully saturated rings. The molecule has 148 valence electrons. The van der Waals surface area contributed by atoms with Crippen molar-refractivity contribution in [2.45, 2.75) is 19.4 Å². The molecule has 2 N–H and O–H groups in total. The van der Waals surface area contributed by atoms with Crippen molar-refractivity contribution in [2.24, 2.45) is 10.7 Å². The number of benzene rings is 3. The number of nitrogens with zero attached hydrogens (tertiary/aromatic N) is 1. The molecule has 0 aliphatic carbocycles. The van der Waals surface area contributed by atoms with Crippen molar-refractivity contribution in [3.8, 4) is 16.9 Å². The zero-order valence-electron chi connectivity index (χ0n) is 16.7. The minimum Gasteiger partial charge on any atom is -0.496 e. The molecule has 1 unspecified atom stereocenters. The summed E-state index contributed by atoms with van der Waals surface area (Å²) in [6.45, 7) is 4.22. The molecule has 3 aromatic rings. The van der Waals surface area contributed by atoms with Crippen LogP contribution in [0.4, 0.5) is 4.39 Å². The second kappa shape index (κ2) is 7.24. The minimum atomic E-state index is -0.840. The van der Waals surface area contributed by atoms with E-state index in [1.54, 1.807) is 13.2 Å². The zero-order valence-corrected chi connectivity index (χ0v) is 16.7. The summed E-state index contributed by atoms with van der Waals surface area (Å²) in [7, 11) is 1.64. The normalized spacial score (nSPS) is 18.3. The smallest absolute Gasteiger partial charge is 0.283 e. The summed E-state index contributed by atoms with van der Waals surface area (Å²) in [5.41, 5.74) is 10.2. The van der Waals surface area contributed by atoms with Gasteiger partial charge in [-0.2, -0.15) is 0 Å². The van der Waals surface area contributed by atoms with Gasteiger partial charge in [-0.15, -0.1) is 0 Å². The van der Waals surface area contributed by atoms with Crippen molar-refractivity contribution in [1.82, 2.24) is 0 Å². The van der Waals surface area contributed by atoms with E-state index in [0.717, 1.165) is 33.6 Å². The highest BCUT2D eigenvalue weighted by Gasteiger charge is 2.40. The number of aliphatic imine (C=N–C) groups is 1. The van der Waals surface area contributed by atoms with Crippen LogP contribution in [0.3, 0.4) is 0 Å². The fourth-order valence-corrected chi connectivity index (χ4v) is 3.85. The Labute approximate surface area is 169 Å². The van der Waals surface area contributed by atoms with Crippen LogP contribution in [-0.2, 0) is 10.3 Å². The van der Waals surface area contributed by atoms with Crippen LogP contribution < -0.4 is 10.5 Å². The summed E-state index contributed by atoms with van der Waals surface area (Å²) in [5, 5.41) is 0. The van der Waals surface area contributed by atoms with Crippen molar-refractivity contribution in [3.63, 3.8) is 0 Å². The van der Waals surface area contributed by atoms with Gasteiger partial charge in [0.25, 0.3) is 6.02 Å². The van der Waals surface area contributed by atoms with Crippen LogP contribution >= 0.6 is 0 Å². The lowest BCUT2D eigenvalue weighted by Gasteiger charge is -2.26. The molecule has 4 nitrogen and oxygen atoms in total. The summed E-state index contributed by atoms with van der Waals surface area (Å²) in [4.78, 5) is 4.65. The molecule has 0 bridgehead atoms. The van der Waals surface area contributed by atoms with Crippen molar-refractivity contribution in [1.29, 1.82) is 0 Å². The number of ether oxygens (including phenoxy) is 2. The molecule has 0 amide bonds. The van der Waals surface area contributed by atoms with Gasteiger partial charge in [0.1, 0.15) is 18.2 Å². The molecular formula is C24H23FN2O2. The molecule has 0 saturated heterocycles. The van der Waals surface area contributed by atoms with Gasteiger partial charge in [0.15, 0.2) is 5.54 Å². The number of methoxy groups -OCH3 is 1. The number of halogens is 1. The van der Waals surface area contributed by atoms with Crippen LogP contribution in [0.25, 0.3) is 11.1 Å². The number of nitrogens with two attached hydrogens (primary N) is 1. The van der Waals surface area contributed by atoms with E-state index >= 15 is 0 Å². The first kappa shape index (κ1) is 19.0. The fourth-order valence-electron chi connectivity index (χ4n) is 3.85. The molecule has 0 spiro atoms. The van der Waals surface area contributed by atoms with Crippen molar-refractivity contribution in [2.75, 3.05) is 13.7 Å². The average Bonchev–Trinajstić information content (AvgIpc) is 3.11. The maximum absolute atomic E-state index is 14.7. The second-order valence-corrected chi connectivity index (χ2v) is 7.35. The molecule has 1 aliphatic heterocycles. The SMILES string of the molecule is COc1ccc(C2(c3ccc(F)c(-c4cccc(C)c4)c3)COC(N)=N2)cc1C. The Balaban J connectivity index is 1.90. The summed E-state index contributed by atoms with van der Waals surface area (Å²) in [5.74, 6) is 0.510. The largest absolute Gasteiger partial charge is 0.496 e. The lowest BCUT2D eigenvalue weighted by Crippen LogP contribution is -2.27. The lowest BCUT2D eigenvalue weighted by atomic mass is 9.82. The highest BCUT2D eigenvalue weighted by atomic mass is 19.1. The van der Waals surface area contributed by atoms with Crippen LogP contribution in [-0.4, -0.2) is 19.7 Å². The van der Waals surface area contributed by atoms with E-state index in [2.05, 4.69) is 4.99 Å². The summed E-state index contributed by atoms with van der Waals surface area (Å²) in [6.07, 6.45) is 0. The quantitative estimate of drug-likeness (QED) is 0.702. The molecule has 0 saturated carbocycles. The van der Waals surface area contributed by atoms with Gasteiger partial charge in [-0.3, -0.25) is 0 Å². The first-order valence-corrected chi connectivity index (χ1v) is 9.43. The molecular weight excluding hydrogens is 367 g/mol. The van der Waals surface area contributed by atoms with E-state index < -0.39 is 5.54 Å². The highest BCUT2D eigenvalue weighted by Crippen LogP contribution is 2.40. The predicted octanol–water partition coefficient (Wildman–Crippen LogP) is 4.71.